The molecule has 0 saturated heterocycles. The van der Waals surface area contributed by atoms with Gasteiger partial charge < -0.3 is 27.6 Å². The van der Waals surface area contributed by atoms with Crippen LogP contribution in [0.15, 0.2) is 29.3 Å². The van der Waals surface area contributed by atoms with E-state index in [1.165, 1.54) is 12.1 Å². The zero-order chi connectivity index (χ0) is 15.8. The van der Waals surface area contributed by atoms with Crippen molar-refractivity contribution < 1.29 is 14.7 Å². The number of nitrogens with one attached hydrogen (secondary N) is 1. The number of nitrogens with zero attached hydrogens (tertiary/aromatic N) is 1. The van der Waals surface area contributed by atoms with Gasteiger partial charge in [-0.05, 0) is 25.0 Å². The maximum absolute atomic E-state index is 11.9. The van der Waals surface area contributed by atoms with Gasteiger partial charge >= 0.3 is 5.97 Å². The molecule has 1 rings (SSSR count). The standard InChI is InChI=1S/C13H19N5O3/c14-9(5-3-7-17-13(15)16)11(19)18-10-6-2-1-4-8(10)12(20)21/h1-2,4,6,9H,3,5,7,14H2,(H,18,19)(H,20,21)(H4,15,16,17)/t9-/m0/s1. The fourth-order valence-corrected chi connectivity index (χ4v) is 1.65. The Morgan fingerprint density at radius 2 is 1.95 bits per heavy atom. The van der Waals surface area contributed by atoms with Crippen molar-refractivity contribution in [1.29, 1.82) is 0 Å². The average Bonchev–Trinajstić information content (AvgIpc) is 2.43. The van der Waals surface area contributed by atoms with Crippen LogP contribution in [0, 0.1) is 0 Å². The molecule has 0 radical (unpaired) electrons. The summed E-state index contributed by atoms with van der Waals surface area (Å²) in [5.74, 6) is -1.58. The molecule has 0 aromatic heterocycles. The zero-order valence-electron chi connectivity index (χ0n) is 11.5. The maximum atomic E-state index is 11.9. The van der Waals surface area contributed by atoms with Gasteiger partial charge in [-0.2, -0.15) is 0 Å². The summed E-state index contributed by atoms with van der Waals surface area (Å²) in [4.78, 5) is 26.7. The molecule has 0 aliphatic heterocycles. The van der Waals surface area contributed by atoms with Gasteiger partial charge in [0.05, 0.1) is 17.3 Å². The summed E-state index contributed by atoms with van der Waals surface area (Å²) in [5.41, 5.74) is 16.3. The summed E-state index contributed by atoms with van der Waals surface area (Å²) in [6.45, 7) is 0.384. The quantitative estimate of drug-likeness (QED) is 0.264. The SMILES string of the molecule is NC(N)=NCCC[C@H](N)C(=O)Nc1ccccc1C(=O)O. The number of benzene rings is 1. The highest BCUT2D eigenvalue weighted by molar-refractivity contribution is 6.02. The number of rotatable bonds is 7. The predicted octanol–water partition coefficient (Wildman–Crippen LogP) is -0.296. The van der Waals surface area contributed by atoms with Crippen molar-refractivity contribution in [2.45, 2.75) is 18.9 Å². The van der Waals surface area contributed by atoms with E-state index in [0.717, 1.165) is 0 Å². The van der Waals surface area contributed by atoms with E-state index in [2.05, 4.69) is 10.3 Å². The van der Waals surface area contributed by atoms with Crippen LogP contribution in [0.1, 0.15) is 23.2 Å². The molecule has 1 atom stereocenters. The molecule has 8 N–H and O–H groups in total. The first-order valence-electron chi connectivity index (χ1n) is 6.36. The van der Waals surface area contributed by atoms with Crippen LogP contribution < -0.4 is 22.5 Å². The number of carbonyl (C=O) groups excluding carboxylic acids is 1. The first-order valence-corrected chi connectivity index (χ1v) is 6.36. The van der Waals surface area contributed by atoms with Crippen molar-refractivity contribution >= 4 is 23.5 Å². The highest BCUT2D eigenvalue weighted by atomic mass is 16.4. The number of carboxylic acids is 1. The number of amides is 1. The summed E-state index contributed by atoms with van der Waals surface area (Å²) >= 11 is 0. The van der Waals surface area contributed by atoms with Crippen molar-refractivity contribution in [2.24, 2.45) is 22.2 Å². The van der Waals surface area contributed by atoms with Gasteiger partial charge in [0.25, 0.3) is 0 Å². The van der Waals surface area contributed by atoms with E-state index in [-0.39, 0.29) is 17.2 Å². The van der Waals surface area contributed by atoms with Gasteiger partial charge in [-0.1, -0.05) is 12.1 Å². The number of hydrogen-bond acceptors (Lipinski definition) is 4. The fourth-order valence-electron chi connectivity index (χ4n) is 1.65. The third-order valence-electron chi connectivity index (χ3n) is 2.72. The molecule has 1 aromatic carbocycles. The van der Waals surface area contributed by atoms with Crippen LogP contribution in [-0.4, -0.2) is 35.5 Å². The lowest BCUT2D eigenvalue weighted by Crippen LogP contribution is -2.36. The summed E-state index contributed by atoms with van der Waals surface area (Å²) in [7, 11) is 0. The largest absolute Gasteiger partial charge is 0.478 e. The summed E-state index contributed by atoms with van der Waals surface area (Å²) in [6, 6.07) is 5.36. The van der Waals surface area contributed by atoms with Crippen molar-refractivity contribution in [3.8, 4) is 0 Å². The molecule has 0 spiro atoms. The Balaban J connectivity index is 2.57. The Labute approximate surface area is 122 Å². The Bertz CT molecular complexity index is 540. The first kappa shape index (κ1) is 16.4. The topological polar surface area (TPSA) is 157 Å². The molecule has 0 aliphatic rings. The lowest BCUT2D eigenvalue weighted by atomic mass is 10.1. The molecule has 0 unspecified atom stereocenters. The van der Waals surface area contributed by atoms with Crippen LogP contribution >= 0.6 is 0 Å². The van der Waals surface area contributed by atoms with Crippen molar-refractivity contribution in [3.05, 3.63) is 29.8 Å². The molecule has 1 amide bonds. The first-order chi connectivity index (χ1) is 9.91. The van der Waals surface area contributed by atoms with Gasteiger partial charge in [0.1, 0.15) is 0 Å². The molecule has 1 aromatic rings. The second-order valence-electron chi connectivity index (χ2n) is 4.40. The Kier molecular flexibility index (Phi) is 6.15. The van der Waals surface area contributed by atoms with Gasteiger partial charge in [-0.3, -0.25) is 9.79 Å². The van der Waals surface area contributed by atoms with E-state index in [0.29, 0.717) is 19.4 Å². The second kappa shape index (κ2) is 7.85. The summed E-state index contributed by atoms with van der Waals surface area (Å²) in [6.07, 6.45) is 0.935. The molecular formula is C13H19N5O3. The molecule has 21 heavy (non-hydrogen) atoms. The van der Waals surface area contributed by atoms with Crippen LogP contribution in [0.2, 0.25) is 0 Å². The van der Waals surface area contributed by atoms with Gasteiger partial charge in [-0.15, -0.1) is 0 Å². The number of guanidine groups is 1. The summed E-state index contributed by atoms with van der Waals surface area (Å²) in [5, 5.41) is 11.5. The lowest BCUT2D eigenvalue weighted by Gasteiger charge is -2.13. The molecule has 0 fully saturated rings. The van der Waals surface area contributed by atoms with Crippen LogP contribution in [0.5, 0.6) is 0 Å². The molecule has 0 saturated carbocycles. The van der Waals surface area contributed by atoms with E-state index in [4.69, 9.17) is 22.3 Å². The van der Waals surface area contributed by atoms with E-state index < -0.39 is 17.9 Å². The van der Waals surface area contributed by atoms with Crippen molar-refractivity contribution in [3.63, 3.8) is 0 Å². The minimum atomic E-state index is -1.12. The number of aliphatic imine (C=N–C) groups is 1. The van der Waals surface area contributed by atoms with Crippen molar-refractivity contribution in [1.82, 2.24) is 0 Å². The molecule has 8 heteroatoms. The predicted molar refractivity (Wildman–Crippen MR) is 79.9 cm³/mol. The Hall–Kier alpha value is -2.61. The van der Waals surface area contributed by atoms with Gasteiger partial charge in [0, 0.05) is 6.54 Å². The van der Waals surface area contributed by atoms with Gasteiger partial charge in [0.15, 0.2) is 5.96 Å². The van der Waals surface area contributed by atoms with E-state index in [9.17, 15) is 9.59 Å². The lowest BCUT2D eigenvalue weighted by molar-refractivity contribution is -0.117. The molecule has 114 valence electrons. The van der Waals surface area contributed by atoms with Crippen LogP contribution in [0.25, 0.3) is 0 Å². The highest BCUT2D eigenvalue weighted by Crippen LogP contribution is 2.15. The van der Waals surface area contributed by atoms with E-state index in [1.54, 1.807) is 12.1 Å². The van der Waals surface area contributed by atoms with Crippen LogP contribution in [-0.2, 0) is 4.79 Å². The average molecular weight is 293 g/mol. The monoisotopic (exact) mass is 293 g/mol. The number of para-hydroxylation sites is 1. The number of carboxylic acid groups (broad SMARTS) is 1. The number of hydrogen-bond donors (Lipinski definition) is 5. The van der Waals surface area contributed by atoms with Crippen molar-refractivity contribution in [2.75, 3.05) is 11.9 Å². The molecule has 8 nitrogen and oxygen atoms in total. The Morgan fingerprint density at radius 3 is 2.57 bits per heavy atom. The zero-order valence-corrected chi connectivity index (χ0v) is 11.5. The van der Waals surface area contributed by atoms with Crippen LogP contribution in [0.4, 0.5) is 5.69 Å². The number of carbonyl (C=O) groups is 2. The molecular weight excluding hydrogens is 274 g/mol. The minimum Gasteiger partial charge on any atom is -0.478 e. The fraction of sp³-hybridized carbons (Fsp3) is 0.308. The normalized spacial score (nSPS) is 11.5. The Morgan fingerprint density at radius 1 is 1.29 bits per heavy atom. The minimum absolute atomic E-state index is 0.0107. The van der Waals surface area contributed by atoms with Gasteiger partial charge in [-0.25, -0.2) is 4.79 Å². The number of anilines is 1. The maximum Gasteiger partial charge on any atom is 0.337 e. The van der Waals surface area contributed by atoms with Crippen LogP contribution in [0.3, 0.4) is 0 Å². The molecule has 0 bridgehead atoms. The number of nitrogens with two attached hydrogens (primary N) is 3. The molecule has 0 aliphatic carbocycles. The van der Waals surface area contributed by atoms with Gasteiger partial charge in [0.2, 0.25) is 5.91 Å². The smallest absolute Gasteiger partial charge is 0.337 e. The third kappa shape index (κ3) is 5.49. The van der Waals surface area contributed by atoms with E-state index >= 15 is 0 Å². The highest BCUT2D eigenvalue weighted by Gasteiger charge is 2.16. The molecule has 0 heterocycles. The number of aromatic carboxylic acids is 1. The summed E-state index contributed by atoms with van der Waals surface area (Å²) < 4.78 is 0. The van der Waals surface area contributed by atoms with E-state index in [1.807, 2.05) is 0 Å². The third-order valence-corrected chi connectivity index (χ3v) is 2.72. The second-order valence-corrected chi connectivity index (χ2v) is 4.40.